The molecule has 6 nitrogen and oxygen atoms in total. The van der Waals surface area contributed by atoms with Gasteiger partial charge in [-0.25, -0.2) is 4.79 Å². The zero-order valence-electron chi connectivity index (χ0n) is 13.1. The quantitative estimate of drug-likeness (QED) is 0.716. The van der Waals surface area contributed by atoms with E-state index in [4.69, 9.17) is 5.11 Å². The highest BCUT2D eigenvalue weighted by Gasteiger charge is 2.20. The van der Waals surface area contributed by atoms with Crippen LogP contribution in [0, 0.1) is 5.92 Å². The van der Waals surface area contributed by atoms with Crippen molar-refractivity contribution in [2.45, 2.75) is 39.7 Å². The van der Waals surface area contributed by atoms with E-state index >= 15 is 0 Å². The molecule has 0 heterocycles. The Hall–Kier alpha value is -2.37. The lowest BCUT2D eigenvalue weighted by molar-refractivity contribution is -0.142. The minimum absolute atomic E-state index is 0.0994. The van der Waals surface area contributed by atoms with Crippen molar-refractivity contribution < 1.29 is 19.5 Å². The number of anilines is 1. The van der Waals surface area contributed by atoms with Crippen LogP contribution in [0.25, 0.3) is 0 Å². The Kier molecular flexibility index (Phi) is 6.56. The number of benzene rings is 1. The zero-order valence-corrected chi connectivity index (χ0v) is 13.1. The van der Waals surface area contributed by atoms with Gasteiger partial charge in [-0.3, -0.25) is 9.59 Å². The number of rotatable bonds is 7. The molecular weight excluding hydrogens is 284 g/mol. The van der Waals surface area contributed by atoms with Crippen molar-refractivity contribution in [3.63, 3.8) is 0 Å². The van der Waals surface area contributed by atoms with Gasteiger partial charge in [0.05, 0.1) is 6.42 Å². The van der Waals surface area contributed by atoms with Crippen molar-refractivity contribution in [2.75, 3.05) is 5.32 Å². The summed E-state index contributed by atoms with van der Waals surface area (Å²) in [7, 11) is 0. The SMILES string of the molecule is CC(=O)Nc1ccc(CC(=O)NC(CC(C)C)C(=O)O)cc1. The lowest BCUT2D eigenvalue weighted by Crippen LogP contribution is -2.42. The molecule has 0 radical (unpaired) electrons. The largest absolute Gasteiger partial charge is 0.480 e. The topological polar surface area (TPSA) is 95.5 Å². The minimum Gasteiger partial charge on any atom is -0.480 e. The number of carboxylic acid groups (broad SMARTS) is 1. The van der Waals surface area contributed by atoms with Crippen LogP contribution in [0.3, 0.4) is 0 Å². The average molecular weight is 306 g/mol. The van der Waals surface area contributed by atoms with E-state index < -0.39 is 12.0 Å². The van der Waals surface area contributed by atoms with Crippen LogP contribution in [-0.2, 0) is 20.8 Å². The van der Waals surface area contributed by atoms with Gasteiger partial charge < -0.3 is 15.7 Å². The molecule has 0 saturated carbocycles. The molecule has 0 aliphatic rings. The van der Waals surface area contributed by atoms with Gasteiger partial charge in [0.15, 0.2) is 0 Å². The Balaban J connectivity index is 2.60. The Labute approximate surface area is 129 Å². The second kappa shape index (κ2) is 8.17. The van der Waals surface area contributed by atoms with Crippen molar-refractivity contribution in [3.8, 4) is 0 Å². The molecule has 1 aromatic carbocycles. The third-order valence-electron chi connectivity index (χ3n) is 2.98. The van der Waals surface area contributed by atoms with Crippen LogP contribution in [0.4, 0.5) is 5.69 Å². The van der Waals surface area contributed by atoms with Gasteiger partial charge in [0.2, 0.25) is 11.8 Å². The summed E-state index contributed by atoms with van der Waals surface area (Å²) in [5.41, 5.74) is 1.40. The van der Waals surface area contributed by atoms with E-state index in [1.165, 1.54) is 6.92 Å². The zero-order chi connectivity index (χ0) is 16.7. The maximum absolute atomic E-state index is 11.9. The molecule has 2 amide bonds. The first kappa shape index (κ1) is 17.7. The van der Waals surface area contributed by atoms with Crippen molar-refractivity contribution in [1.29, 1.82) is 0 Å². The number of aliphatic carboxylic acids is 1. The third-order valence-corrected chi connectivity index (χ3v) is 2.98. The van der Waals surface area contributed by atoms with Crippen molar-refractivity contribution >= 4 is 23.5 Å². The fraction of sp³-hybridized carbons (Fsp3) is 0.438. The molecule has 0 spiro atoms. The lowest BCUT2D eigenvalue weighted by Gasteiger charge is -2.16. The van der Waals surface area contributed by atoms with Gasteiger partial charge in [-0.05, 0) is 30.0 Å². The predicted molar refractivity (Wildman–Crippen MR) is 83.5 cm³/mol. The van der Waals surface area contributed by atoms with Gasteiger partial charge >= 0.3 is 5.97 Å². The average Bonchev–Trinajstić information content (AvgIpc) is 2.39. The third kappa shape index (κ3) is 6.39. The monoisotopic (exact) mass is 306 g/mol. The van der Waals surface area contributed by atoms with E-state index in [0.717, 1.165) is 5.56 Å². The Bertz CT molecular complexity index is 538. The van der Waals surface area contributed by atoms with Crippen LogP contribution in [0.15, 0.2) is 24.3 Å². The second-order valence-corrected chi connectivity index (χ2v) is 5.64. The molecule has 0 bridgehead atoms. The van der Waals surface area contributed by atoms with E-state index in [-0.39, 0.29) is 24.2 Å². The number of hydrogen-bond donors (Lipinski definition) is 3. The van der Waals surface area contributed by atoms with E-state index in [1.54, 1.807) is 24.3 Å². The summed E-state index contributed by atoms with van der Waals surface area (Å²) in [6.07, 6.45) is 0.491. The fourth-order valence-corrected chi connectivity index (χ4v) is 2.03. The number of carbonyl (C=O) groups is 3. The van der Waals surface area contributed by atoms with Gasteiger partial charge in [0.1, 0.15) is 6.04 Å². The van der Waals surface area contributed by atoms with Gasteiger partial charge in [-0.15, -0.1) is 0 Å². The molecule has 0 aromatic heterocycles. The smallest absolute Gasteiger partial charge is 0.326 e. The summed E-state index contributed by atoms with van der Waals surface area (Å²) in [6.45, 7) is 5.23. The van der Waals surface area contributed by atoms with Crippen LogP contribution >= 0.6 is 0 Å². The first-order chi connectivity index (χ1) is 10.3. The summed E-state index contributed by atoms with van der Waals surface area (Å²) in [5.74, 6) is -1.34. The summed E-state index contributed by atoms with van der Waals surface area (Å²) >= 11 is 0. The Morgan fingerprint density at radius 1 is 1.14 bits per heavy atom. The molecule has 0 aliphatic carbocycles. The minimum atomic E-state index is -1.02. The molecule has 1 rings (SSSR count). The molecule has 0 aliphatic heterocycles. The van der Waals surface area contributed by atoms with Crippen LogP contribution in [0.2, 0.25) is 0 Å². The van der Waals surface area contributed by atoms with Crippen LogP contribution in [0.5, 0.6) is 0 Å². The molecule has 3 N–H and O–H groups in total. The molecular formula is C16H22N2O4. The molecule has 0 fully saturated rings. The number of carboxylic acids is 1. The molecule has 1 aromatic rings. The van der Waals surface area contributed by atoms with E-state index in [0.29, 0.717) is 12.1 Å². The maximum atomic E-state index is 11.9. The first-order valence-corrected chi connectivity index (χ1v) is 7.16. The van der Waals surface area contributed by atoms with Crippen LogP contribution in [0.1, 0.15) is 32.8 Å². The van der Waals surface area contributed by atoms with Gasteiger partial charge in [-0.1, -0.05) is 26.0 Å². The van der Waals surface area contributed by atoms with Crippen LogP contribution in [-0.4, -0.2) is 28.9 Å². The summed E-state index contributed by atoms with van der Waals surface area (Å²) in [5, 5.41) is 14.3. The summed E-state index contributed by atoms with van der Waals surface area (Å²) < 4.78 is 0. The Morgan fingerprint density at radius 3 is 2.18 bits per heavy atom. The van der Waals surface area contributed by atoms with Gasteiger partial charge in [-0.2, -0.15) is 0 Å². The molecule has 120 valence electrons. The molecule has 0 saturated heterocycles. The highest BCUT2D eigenvalue weighted by molar-refractivity contribution is 5.89. The van der Waals surface area contributed by atoms with Gasteiger partial charge in [0.25, 0.3) is 0 Å². The number of hydrogen-bond acceptors (Lipinski definition) is 3. The molecule has 22 heavy (non-hydrogen) atoms. The molecule has 6 heteroatoms. The number of amides is 2. The Morgan fingerprint density at radius 2 is 1.73 bits per heavy atom. The van der Waals surface area contributed by atoms with E-state index in [2.05, 4.69) is 10.6 Å². The highest BCUT2D eigenvalue weighted by Crippen LogP contribution is 2.11. The number of carbonyl (C=O) groups excluding carboxylic acids is 2. The summed E-state index contributed by atoms with van der Waals surface area (Å²) in [4.78, 5) is 34.0. The number of nitrogens with one attached hydrogen (secondary N) is 2. The molecule has 1 unspecified atom stereocenters. The van der Waals surface area contributed by atoms with E-state index in [1.807, 2.05) is 13.8 Å². The highest BCUT2D eigenvalue weighted by atomic mass is 16.4. The standard InChI is InChI=1S/C16H22N2O4/c1-10(2)8-14(16(21)22)18-15(20)9-12-4-6-13(7-5-12)17-11(3)19/h4-7,10,14H,8-9H2,1-3H3,(H,17,19)(H,18,20)(H,21,22). The van der Waals surface area contributed by atoms with E-state index in [9.17, 15) is 14.4 Å². The predicted octanol–water partition coefficient (Wildman–Crippen LogP) is 1.80. The molecule has 1 atom stereocenters. The normalized spacial score (nSPS) is 11.8. The lowest BCUT2D eigenvalue weighted by atomic mass is 10.0. The second-order valence-electron chi connectivity index (χ2n) is 5.64. The van der Waals surface area contributed by atoms with Crippen LogP contribution < -0.4 is 10.6 Å². The van der Waals surface area contributed by atoms with Crippen molar-refractivity contribution in [2.24, 2.45) is 5.92 Å². The van der Waals surface area contributed by atoms with Crippen molar-refractivity contribution in [1.82, 2.24) is 5.32 Å². The van der Waals surface area contributed by atoms with Gasteiger partial charge in [0, 0.05) is 12.6 Å². The summed E-state index contributed by atoms with van der Waals surface area (Å²) in [6, 6.07) is 5.98. The van der Waals surface area contributed by atoms with Crippen molar-refractivity contribution in [3.05, 3.63) is 29.8 Å². The first-order valence-electron chi connectivity index (χ1n) is 7.16. The maximum Gasteiger partial charge on any atom is 0.326 e. The fourth-order valence-electron chi connectivity index (χ4n) is 2.03.